The summed E-state index contributed by atoms with van der Waals surface area (Å²) in [6, 6.07) is 9.83. The minimum Gasteiger partial charge on any atom is -0.481 e. The smallest absolute Gasteiger partial charge is 0.307 e. The predicted octanol–water partition coefficient (Wildman–Crippen LogP) is 2.36. The van der Waals surface area contributed by atoms with Gasteiger partial charge in [0.25, 0.3) is 0 Å². The lowest BCUT2D eigenvalue weighted by Gasteiger charge is -2.33. The summed E-state index contributed by atoms with van der Waals surface area (Å²) >= 11 is 0. The summed E-state index contributed by atoms with van der Waals surface area (Å²) in [4.78, 5) is 13.1. The van der Waals surface area contributed by atoms with E-state index in [9.17, 15) is 10.1 Å². The molecule has 1 N–H and O–H groups in total. The van der Waals surface area contributed by atoms with Crippen LogP contribution in [0.15, 0.2) is 24.3 Å². The topological polar surface area (TPSA) is 64.3 Å². The van der Waals surface area contributed by atoms with E-state index in [2.05, 4.69) is 6.07 Å². The Kier molecular flexibility index (Phi) is 4.18. The molecule has 4 heteroatoms. The molecule has 1 aliphatic heterocycles. The maximum Gasteiger partial charge on any atom is 0.307 e. The number of rotatable bonds is 3. The zero-order valence-corrected chi connectivity index (χ0v) is 11.0. The van der Waals surface area contributed by atoms with Crippen LogP contribution in [0.2, 0.25) is 0 Å². The molecule has 1 aliphatic rings. The van der Waals surface area contributed by atoms with Gasteiger partial charge in [0.15, 0.2) is 0 Å². The van der Waals surface area contributed by atoms with Gasteiger partial charge in [-0.3, -0.25) is 9.69 Å². The molecule has 0 amide bonds. The van der Waals surface area contributed by atoms with Crippen LogP contribution < -0.4 is 0 Å². The Morgan fingerprint density at radius 1 is 1.47 bits per heavy atom. The Balaban J connectivity index is 2.15. The standard InChI is InChI=1S/C15H18N2O2/c1-11-4-6-12(7-5-11)14(9-16)17-8-2-3-13(10-17)15(18)19/h4-7,13-14H,2-3,8,10H2,1H3,(H,18,19). The highest BCUT2D eigenvalue weighted by Gasteiger charge is 2.30. The van der Waals surface area contributed by atoms with Crippen LogP contribution in [0.4, 0.5) is 0 Å². The highest BCUT2D eigenvalue weighted by Crippen LogP contribution is 2.26. The number of hydrogen-bond donors (Lipinski definition) is 1. The maximum atomic E-state index is 11.1. The fourth-order valence-corrected chi connectivity index (χ4v) is 2.56. The molecule has 1 saturated heterocycles. The van der Waals surface area contributed by atoms with Crippen molar-refractivity contribution in [2.24, 2.45) is 5.92 Å². The molecule has 1 aromatic rings. The molecule has 0 bridgehead atoms. The first-order valence-electron chi connectivity index (χ1n) is 6.55. The Labute approximate surface area is 113 Å². The molecule has 0 aliphatic carbocycles. The number of carbonyl (C=O) groups is 1. The highest BCUT2D eigenvalue weighted by atomic mass is 16.4. The van der Waals surface area contributed by atoms with E-state index in [1.807, 2.05) is 36.1 Å². The van der Waals surface area contributed by atoms with Crippen LogP contribution in [0.1, 0.15) is 30.0 Å². The van der Waals surface area contributed by atoms with Gasteiger partial charge in [0.05, 0.1) is 12.0 Å². The molecule has 0 aromatic heterocycles. The molecule has 0 spiro atoms. The molecule has 1 fully saturated rings. The Morgan fingerprint density at radius 2 is 2.16 bits per heavy atom. The summed E-state index contributed by atoms with van der Waals surface area (Å²) < 4.78 is 0. The first kappa shape index (κ1) is 13.6. The number of likely N-dealkylation sites (tertiary alicyclic amines) is 1. The monoisotopic (exact) mass is 258 g/mol. The summed E-state index contributed by atoms with van der Waals surface area (Å²) in [5.41, 5.74) is 2.10. The van der Waals surface area contributed by atoms with Gasteiger partial charge in [0.1, 0.15) is 6.04 Å². The summed E-state index contributed by atoms with van der Waals surface area (Å²) in [5.74, 6) is -1.11. The summed E-state index contributed by atoms with van der Waals surface area (Å²) in [6.07, 6.45) is 1.54. The molecule has 100 valence electrons. The number of nitriles is 1. The third kappa shape index (κ3) is 3.12. The lowest BCUT2D eigenvalue weighted by Crippen LogP contribution is -2.40. The number of benzene rings is 1. The second-order valence-electron chi connectivity index (χ2n) is 5.11. The number of aryl methyl sites for hydroxylation is 1. The molecule has 19 heavy (non-hydrogen) atoms. The van der Waals surface area contributed by atoms with Crippen LogP contribution in [0.3, 0.4) is 0 Å². The summed E-state index contributed by atoms with van der Waals surface area (Å²) in [6.45, 7) is 3.25. The summed E-state index contributed by atoms with van der Waals surface area (Å²) in [7, 11) is 0. The minimum absolute atomic E-state index is 0.345. The van der Waals surface area contributed by atoms with Crippen LogP contribution in [0.5, 0.6) is 0 Å². The second kappa shape index (κ2) is 5.85. The Morgan fingerprint density at radius 3 is 2.74 bits per heavy atom. The van der Waals surface area contributed by atoms with Crippen LogP contribution in [0, 0.1) is 24.2 Å². The van der Waals surface area contributed by atoms with Gasteiger partial charge in [-0.15, -0.1) is 0 Å². The predicted molar refractivity (Wildman–Crippen MR) is 71.5 cm³/mol. The number of aliphatic carboxylic acids is 1. The molecular formula is C15H18N2O2. The fraction of sp³-hybridized carbons (Fsp3) is 0.467. The van der Waals surface area contributed by atoms with Crippen LogP contribution in [-0.4, -0.2) is 29.1 Å². The summed E-state index contributed by atoms with van der Waals surface area (Å²) in [5, 5.41) is 18.5. The molecule has 4 nitrogen and oxygen atoms in total. The van der Waals surface area contributed by atoms with Gasteiger partial charge < -0.3 is 5.11 Å². The lowest BCUT2D eigenvalue weighted by molar-refractivity contribution is -0.143. The molecular weight excluding hydrogens is 240 g/mol. The van der Waals surface area contributed by atoms with E-state index in [-0.39, 0.29) is 12.0 Å². The van der Waals surface area contributed by atoms with Gasteiger partial charge in [-0.2, -0.15) is 5.26 Å². The molecule has 0 radical (unpaired) electrons. The van der Waals surface area contributed by atoms with E-state index in [0.29, 0.717) is 13.0 Å². The van der Waals surface area contributed by atoms with Gasteiger partial charge in [0, 0.05) is 6.54 Å². The van der Waals surface area contributed by atoms with Gasteiger partial charge in [-0.1, -0.05) is 29.8 Å². The van der Waals surface area contributed by atoms with Crippen LogP contribution in [-0.2, 0) is 4.79 Å². The van der Waals surface area contributed by atoms with Crippen molar-refractivity contribution in [2.45, 2.75) is 25.8 Å². The first-order chi connectivity index (χ1) is 9.11. The molecule has 1 heterocycles. The van der Waals surface area contributed by atoms with E-state index in [0.717, 1.165) is 24.1 Å². The van der Waals surface area contributed by atoms with Crippen molar-refractivity contribution in [3.8, 4) is 6.07 Å². The van der Waals surface area contributed by atoms with Crippen molar-refractivity contribution in [2.75, 3.05) is 13.1 Å². The van der Waals surface area contributed by atoms with Gasteiger partial charge in [-0.25, -0.2) is 0 Å². The zero-order chi connectivity index (χ0) is 13.8. The van der Waals surface area contributed by atoms with Crippen molar-refractivity contribution in [1.82, 2.24) is 4.90 Å². The largest absolute Gasteiger partial charge is 0.481 e. The SMILES string of the molecule is Cc1ccc(C(C#N)N2CCCC(C(=O)O)C2)cc1. The molecule has 1 aromatic carbocycles. The Hall–Kier alpha value is -1.86. The third-order valence-corrected chi connectivity index (χ3v) is 3.68. The van der Waals surface area contributed by atoms with Gasteiger partial charge >= 0.3 is 5.97 Å². The van der Waals surface area contributed by atoms with E-state index in [4.69, 9.17) is 5.11 Å². The number of carboxylic acids is 1. The van der Waals surface area contributed by atoms with Crippen LogP contribution >= 0.6 is 0 Å². The lowest BCUT2D eigenvalue weighted by atomic mass is 9.95. The fourth-order valence-electron chi connectivity index (χ4n) is 2.56. The van der Waals surface area contributed by atoms with Crippen molar-refractivity contribution >= 4 is 5.97 Å². The molecule has 2 atom stereocenters. The number of piperidine rings is 1. The molecule has 2 rings (SSSR count). The maximum absolute atomic E-state index is 11.1. The van der Waals surface area contributed by atoms with Gasteiger partial charge in [-0.05, 0) is 31.9 Å². The average molecular weight is 258 g/mol. The van der Waals surface area contributed by atoms with Crippen molar-refractivity contribution in [3.63, 3.8) is 0 Å². The minimum atomic E-state index is -0.759. The quantitative estimate of drug-likeness (QED) is 0.904. The third-order valence-electron chi connectivity index (χ3n) is 3.68. The molecule has 2 unspecified atom stereocenters. The van der Waals surface area contributed by atoms with Crippen molar-refractivity contribution in [3.05, 3.63) is 35.4 Å². The first-order valence-corrected chi connectivity index (χ1v) is 6.55. The molecule has 0 saturated carbocycles. The van der Waals surface area contributed by atoms with E-state index in [1.54, 1.807) is 0 Å². The number of carboxylic acid groups (broad SMARTS) is 1. The van der Waals surface area contributed by atoms with Crippen molar-refractivity contribution < 1.29 is 9.90 Å². The normalized spacial score (nSPS) is 21.6. The average Bonchev–Trinajstić information content (AvgIpc) is 2.42. The van der Waals surface area contributed by atoms with Crippen molar-refractivity contribution in [1.29, 1.82) is 5.26 Å². The van der Waals surface area contributed by atoms with Gasteiger partial charge in [0.2, 0.25) is 0 Å². The van der Waals surface area contributed by atoms with E-state index >= 15 is 0 Å². The van der Waals surface area contributed by atoms with Crippen LogP contribution in [0.25, 0.3) is 0 Å². The second-order valence-corrected chi connectivity index (χ2v) is 5.11. The zero-order valence-electron chi connectivity index (χ0n) is 11.0. The highest BCUT2D eigenvalue weighted by molar-refractivity contribution is 5.70. The van der Waals surface area contributed by atoms with E-state index in [1.165, 1.54) is 0 Å². The Bertz CT molecular complexity index is 490. The number of hydrogen-bond acceptors (Lipinski definition) is 3. The van der Waals surface area contributed by atoms with E-state index < -0.39 is 5.97 Å². The number of nitrogens with zero attached hydrogens (tertiary/aromatic N) is 2.